The Hall–Kier alpha value is -3.96. The highest BCUT2D eigenvalue weighted by Crippen LogP contribution is 2.37. The molecule has 0 aromatic heterocycles. The lowest BCUT2D eigenvalue weighted by Gasteiger charge is -2.33. The summed E-state index contributed by atoms with van der Waals surface area (Å²) in [6.07, 6.45) is 4.34. The number of rotatable bonds is 14. The van der Waals surface area contributed by atoms with Gasteiger partial charge in [0.1, 0.15) is 18.3 Å². The monoisotopic (exact) mass is 657 g/mol. The number of methoxy groups -OCH3 is 3. The largest absolute Gasteiger partial charge is 0.495 e. The molecule has 0 radical (unpaired) electrons. The van der Waals surface area contributed by atoms with Gasteiger partial charge in [0.25, 0.3) is 10.0 Å². The third-order valence-electron chi connectivity index (χ3n) is 7.98. The van der Waals surface area contributed by atoms with Gasteiger partial charge in [-0.3, -0.25) is 13.9 Å². The van der Waals surface area contributed by atoms with Crippen molar-refractivity contribution in [1.29, 1.82) is 0 Å². The third-order valence-corrected chi connectivity index (χ3v) is 9.98. The normalized spacial score (nSPS) is 14.0. The molecule has 2 amide bonds. The van der Waals surface area contributed by atoms with E-state index in [-0.39, 0.29) is 45.6 Å². The van der Waals surface area contributed by atoms with Crippen molar-refractivity contribution in [3.8, 4) is 17.2 Å². The quantitative estimate of drug-likeness (QED) is 0.257. The molecule has 0 aliphatic heterocycles. The Morgan fingerprint density at radius 1 is 0.911 bits per heavy atom. The molecule has 0 bridgehead atoms. The van der Waals surface area contributed by atoms with Crippen LogP contribution in [-0.2, 0) is 26.0 Å². The van der Waals surface area contributed by atoms with Crippen LogP contribution in [0.4, 0.5) is 5.69 Å². The van der Waals surface area contributed by atoms with Gasteiger partial charge >= 0.3 is 0 Å². The molecule has 3 aromatic carbocycles. The molecule has 10 nitrogen and oxygen atoms in total. The minimum Gasteiger partial charge on any atom is -0.495 e. The van der Waals surface area contributed by atoms with Crippen molar-refractivity contribution in [2.45, 2.75) is 56.0 Å². The first-order chi connectivity index (χ1) is 21.6. The summed E-state index contributed by atoms with van der Waals surface area (Å²) < 4.78 is 45.8. The highest BCUT2D eigenvalue weighted by molar-refractivity contribution is 7.92. The fraction of sp³-hybridized carbons (Fsp3) is 0.394. The molecule has 0 saturated heterocycles. The van der Waals surface area contributed by atoms with Gasteiger partial charge in [-0.1, -0.05) is 54.8 Å². The van der Waals surface area contributed by atoms with Crippen molar-refractivity contribution >= 4 is 39.1 Å². The molecule has 1 atom stereocenters. The summed E-state index contributed by atoms with van der Waals surface area (Å²) in [5, 5.41) is 3.32. The Morgan fingerprint density at radius 3 is 2.20 bits per heavy atom. The third kappa shape index (κ3) is 8.20. The van der Waals surface area contributed by atoms with Crippen molar-refractivity contribution in [3.05, 3.63) is 77.3 Å². The fourth-order valence-corrected chi connectivity index (χ4v) is 7.04. The number of nitrogens with one attached hydrogen (secondary N) is 1. The Bertz CT molecular complexity index is 1580. The first-order valence-corrected chi connectivity index (χ1v) is 16.6. The fourth-order valence-electron chi connectivity index (χ4n) is 5.44. The molecular formula is C33H40ClN3O7S. The van der Waals surface area contributed by atoms with E-state index in [0.717, 1.165) is 35.6 Å². The molecule has 1 aliphatic rings. The van der Waals surface area contributed by atoms with Gasteiger partial charge < -0.3 is 24.4 Å². The van der Waals surface area contributed by atoms with Crippen LogP contribution >= 0.6 is 11.6 Å². The van der Waals surface area contributed by atoms with Crippen molar-refractivity contribution in [2.24, 2.45) is 0 Å². The van der Waals surface area contributed by atoms with E-state index in [1.54, 1.807) is 13.0 Å². The van der Waals surface area contributed by atoms with E-state index in [1.807, 2.05) is 30.3 Å². The number of carbonyl (C=O) groups is 2. The van der Waals surface area contributed by atoms with Crippen molar-refractivity contribution < 1.29 is 32.2 Å². The predicted octanol–water partition coefficient (Wildman–Crippen LogP) is 5.08. The average molecular weight is 658 g/mol. The molecule has 242 valence electrons. The van der Waals surface area contributed by atoms with Crippen molar-refractivity contribution in [2.75, 3.05) is 38.7 Å². The molecule has 0 spiro atoms. The Labute approximate surface area is 270 Å². The number of amides is 2. The maximum atomic E-state index is 14.3. The summed E-state index contributed by atoms with van der Waals surface area (Å²) in [4.78, 5) is 28.9. The first kappa shape index (κ1) is 33.9. The van der Waals surface area contributed by atoms with Gasteiger partial charge in [-0.25, -0.2) is 8.42 Å². The maximum absolute atomic E-state index is 14.3. The van der Waals surface area contributed by atoms with Gasteiger partial charge in [0, 0.05) is 23.7 Å². The summed E-state index contributed by atoms with van der Waals surface area (Å²) in [5.41, 5.74) is 1.05. The molecule has 12 heteroatoms. The number of halogens is 1. The Balaban J connectivity index is 1.74. The second kappa shape index (κ2) is 15.4. The number of nitrogens with zero attached hydrogens (tertiary/aromatic N) is 2. The van der Waals surface area contributed by atoms with E-state index in [0.29, 0.717) is 12.2 Å². The number of sulfonamides is 1. The van der Waals surface area contributed by atoms with E-state index in [1.165, 1.54) is 56.6 Å². The molecule has 4 rings (SSSR count). The smallest absolute Gasteiger partial charge is 0.265 e. The molecule has 0 heterocycles. The summed E-state index contributed by atoms with van der Waals surface area (Å²) in [6.45, 7) is 1.24. The van der Waals surface area contributed by atoms with Gasteiger partial charge in [-0.05, 0) is 62.1 Å². The highest BCUT2D eigenvalue weighted by Gasteiger charge is 2.35. The summed E-state index contributed by atoms with van der Waals surface area (Å²) >= 11 is 6.33. The second-order valence-electron chi connectivity index (χ2n) is 10.8. The standard InChI is InChI=1S/C33H40ClN3O7S/c1-23(33(39)35-26-12-8-9-13-26)36(19-18-24-10-6-5-7-11-24)32(38)22-37(28-20-25(34)14-16-29(28)42-2)45(40,41)27-15-17-30(43-3)31(21-27)44-4/h5-7,10-11,14-17,20-21,23,26H,8-9,12-13,18-19,22H2,1-4H3,(H,35,39)/t23-/m0/s1. The van der Waals surface area contributed by atoms with Gasteiger partial charge in [0.05, 0.1) is 31.9 Å². The van der Waals surface area contributed by atoms with Crippen LogP contribution in [0.25, 0.3) is 0 Å². The SMILES string of the molecule is COc1ccc(S(=O)(=O)N(CC(=O)N(CCc2ccccc2)[C@@H](C)C(=O)NC2CCCC2)c2cc(Cl)ccc2OC)cc1OC. The zero-order valence-electron chi connectivity index (χ0n) is 26.0. The lowest BCUT2D eigenvalue weighted by molar-refractivity contribution is -0.139. The molecule has 3 aromatic rings. The number of hydrogen-bond acceptors (Lipinski definition) is 7. The Morgan fingerprint density at radius 2 is 1.56 bits per heavy atom. The molecule has 0 unspecified atom stereocenters. The van der Waals surface area contributed by atoms with Crippen LogP contribution in [-0.4, -0.2) is 71.6 Å². The van der Waals surface area contributed by atoms with Gasteiger partial charge in [-0.2, -0.15) is 0 Å². The number of carbonyl (C=O) groups excluding carboxylic acids is 2. The number of anilines is 1. The summed E-state index contributed by atoms with van der Waals surface area (Å²) in [7, 11) is -0.163. The van der Waals surface area contributed by atoms with E-state index in [4.69, 9.17) is 25.8 Å². The summed E-state index contributed by atoms with van der Waals surface area (Å²) in [6, 6.07) is 17.5. The molecule has 1 N–H and O–H groups in total. The number of ether oxygens (including phenoxy) is 3. The van der Waals surface area contributed by atoms with Gasteiger partial charge in [0.15, 0.2) is 11.5 Å². The van der Waals surface area contributed by atoms with E-state index < -0.39 is 28.5 Å². The molecular weight excluding hydrogens is 618 g/mol. The van der Waals surface area contributed by atoms with Crippen LogP contribution in [0, 0.1) is 0 Å². The topological polar surface area (TPSA) is 114 Å². The zero-order chi connectivity index (χ0) is 32.6. The van der Waals surface area contributed by atoms with E-state index in [9.17, 15) is 18.0 Å². The molecule has 1 aliphatic carbocycles. The van der Waals surface area contributed by atoms with Crippen molar-refractivity contribution in [3.63, 3.8) is 0 Å². The first-order valence-electron chi connectivity index (χ1n) is 14.8. The minimum absolute atomic E-state index is 0.0590. The van der Waals surface area contributed by atoms with Gasteiger partial charge in [0.2, 0.25) is 11.8 Å². The maximum Gasteiger partial charge on any atom is 0.265 e. The van der Waals surface area contributed by atoms with E-state index in [2.05, 4.69) is 5.32 Å². The molecule has 1 fully saturated rings. The zero-order valence-corrected chi connectivity index (χ0v) is 27.6. The average Bonchev–Trinajstić information content (AvgIpc) is 3.56. The highest BCUT2D eigenvalue weighted by atomic mass is 35.5. The van der Waals surface area contributed by atoms with Crippen LogP contribution in [0.2, 0.25) is 5.02 Å². The molecule has 45 heavy (non-hydrogen) atoms. The van der Waals surface area contributed by atoms with Crippen LogP contribution in [0.3, 0.4) is 0 Å². The molecule has 1 saturated carbocycles. The lowest BCUT2D eigenvalue weighted by atomic mass is 10.1. The van der Waals surface area contributed by atoms with E-state index >= 15 is 0 Å². The number of benzene rings is 3. The van der Waals surface area contributed by atoms with Crippen molar-refractivity contribution in [1.82, 2.24) is 10.2 Å². The van der Waals surface area contributed by atoms with Crippen LogP contribution in [0.5, 0.6) is 17.2 Å². The number of hydrogen-bond donors (Lipinski definition) is 1. The second-order valence-corrected chi connectivity index (χ2v) is 13.1. The van der Waals surface area contributed by atoms with Crippen LogP contribution < -0.4 is 23.8 Å². The van der Waals surface area contributed by atoms with Crippen LogP contribution in [0.15, 0.2) is 71.6 Å². The lowest BCUT2D eigenvalue weighted by Crippen LogP contribution is -2.53. The Kier molecular flexibility index (Phi) is 11.6. The van der Waals surface area contributed by atoms with Gasteiger partial charge in [-0.15, -0.1) is 0 Å². The minimum atomic E-state index is -4.41. The predicted molar refractivity (Wildman–Crippen MR) is 174 cm³/mol. The van der Waals surface area contributed by atoms with Crippen LogP contribution in [0.1, 0.15) is 38.2 Å². The summed E-state index contributed by atoms with van der Waals surface area (Å²) in [5.74, 6) is -0.110.